The van der Waals surface area contributed by atoms with Gasteiger partial charge in [-0.2, -0.15) is 0 Å². The molecule has 0 radical (unpaired) electrons. The summed E-state index contributed by atoms with van der Waals surface area (Å²) in [6, 6.07) is 31.6. The van der Waals surface area contributed by atoms with Crippen LogP contribution in [-0.2, 0) is 16.2 Å². The molecule has 0 bridgehead atoms. The van der Waals surface area contributed by atoms with Crippen LogP contribution in [0.2, 0.25) is 0 Å². The lowest BCUT2D eigenvalue weighted by molar-refractivity contribution is 0.569. The highest BCUT2D eigenvalue weighted by atomic mass is 14.9. The molecule has 184 valence electrons. The Labute approximate surface area is 217 Å². The first-order valence-electron chi connectivity index (χ1n) is 13.1. The Kier molecular flexibility index (Phi) is 5.67. The first-order valence-corrected chi connectivity index (χ1v) is 13.1. The van der Waals surface area contributed by atoms with Crippen molar-refractivity contribution in [1.82, 2.24) is 0 Å². The minimum Gasteiger partial charge on any atom is -0.356 e. The molecular weight excluding hydrogens is 434 g/mol. The normalized spacial score (nSPS) is 14.3. The number of anilines is 2. The van der Waals surface area contributed by atoms with Gasteiger partial charge in [-0.3, -0.25) is 0 Å². The van der Waals surface area contributed by atoms with Crippen LogP contribution in [0.3, 0.4) is 0 Å². The van der Waals surface area contributed by atoms with E-state index in [9.17, 15) is 0 Å². The zero-order valence-electron chi connectivity index (χ0n) is 23.1. The van der Waals surface area contributed by atoms with Crippen LogP contribution < -0.4 is 5.32 Å². The largest absolute Gasteiger partial charge is 0.356 e. The zero-order chi connectivity index (χ0) is 25.9. The van der Waals surface area contributed by atoms with Gasteiger partial charge in [-0.15, -0.1) is 0 Å². The van der Waals surface area contributed by atoms with Gasteiger partial charge in [-0.1, -0.05) is 116 Å². The third-order valence-electron chi connectivity index (χ3n) is 7.73. The first kappa shape index (κ1) is 24.4. The van der Waals surface area contributed by atoms with Crippen molar-refractivity contribution in [3.63, 3.8) is 0 Å². The summed E-state index contributed by atoms with van der Waals surface area (Å²) < 4.78 is 0. The fourth-order valence-electron chi connectivity index (χ4n) is 5.39. The van der Waals surface area contributed by atoms with E-state index in [0.717, 1.165) is 11.4 Å². The molecule has 4 aromatic carbocycles. The summed E-state index contributed by atoms with van der Waals surface area (Å²) in [6.45, 7) is 18.4. The molecule has 1 heteroatoms. The van der Waals surface area contributed by atoms with Crippen molar-refractivity contribution in [2.45, 2.75) is 71.6 Å². The molecule has 5 rings (SSSR count). The Morgan fingerprint density at radius 2 is 1.14 bits per heavy atom. The monoisotopic (exact) mass is 473 g/mol. The Balaban J connectivity index is 1.50. The van der Waals surface area contributed by atoms with Crippen LogP contribution in [0.25, 0.3) is 22.3 Å². The van der Waals surface area contributed by atoms with Crippen LogP contribution in [0.4, 0.5) is 11.4 Å². The Hall–Kier alpha value is -3.32. The van der Waals surface area contributed by atoms with E-state index in [2.05, 4.69) is 146 Å². The van der Waals surface area contributed by atoms with Gasteiger partial charge in [-0.25, -0.2) is 0 Å². The summed E-state index contributed by atoms with van der Waals surface area (Å²) in [5, 5.41) is 3.70. The number of fused-ring (bicyclic) bond motifs is 3. The average Bonchev–Trinajstić information content (AvgIpc) is 3.05. The van der Waals surface area contributed by atoms with Gasteiger partial charge in [0.15, 0.2) is 0 Å². The number of benzene rings is 4. The van der Waals surface area contributed by atoms with Crippen LogP contribution in [0, 0.1) is 0 Å². The van der Waals surface area contributed by atoms with Crippen LogP contribution in [0.5, 0.6) is 0 Å². The Morgan fingerprint density at radius 3 is 1.81 bits per heavy atom. The SMILES string of the molecule is CC(C)(C)c1cc(-c2cccc(Nc3ccc4c(c3)C(C)(C)c3ccccc3-4)c2)cc(C(C)(C)C)c1. The summed E-state index contributed by atoms with van der Waals surface area (Å²) in [4.78, 5) is 0. The number of hydrogen-bond donors (Lipinski definition) is 1. The second kappa shape index (κ2) is 8.37. The van der Waals surface area contributed by atoms with E-state index < -0.39 is 0 Å². The van der Waals surface area contributed by atoms with Gasteiger partial charge >= 0.3 is 0 Å². The summed E-state index contributed by atoms with van der Waals surface area (Å²) in [5.41, 5.74) is 13.2. The molecule has 4 aromatic rings. The molecule has 0 fully saturated rings. The lowest BCUT2D eigenvalue weighted by atomic mass is 9.79. The molecule has 36 heavy (non-hydrogen) atoms. The van der Waals surface area contributed by atoms with Gasteiger partial charge in [0.1, 0.15) is 0 Å². The predicted molar refractivity (Wildman–Crippen MR) is 157 cm³/mol. The van der Waals surface area contributed by atoms with Crippen LogP contribution in [0.15, 0.2) is 84.9 Å². The maximum absolute atomic E-state index is 3.70. The molecule has 0 saturated heterocycles. The zero-order valence-corrected chi connectivity index (χ0v) is 23.1. The molecule has 1 aliphatic carbocycles. The molecule has 0 heterocycles. The summed E-state index contributed by atoms with van der Waals surface area (Å²) in [5.74, 6) is 0. The van der Waals surface area contributed by atoms with Gasteiger partial charge in [-0.05, 0) is 79.6 Å². The highest BCUT2D eigenvalue weighted by molar-refractivity contribution is 5.83. The van der Waals surface area contributed by atoms with Crippen molar-refractivity contribution in [1.29, 1.82) is 0 Å². The smallest absolute Gasteiger partial charge is 0.0390 e. The molecule has 1 N–H and O–H groups in total. The van der Waals surface area contributed by atoms with Crippen molar-refractivity contribution in [3.05, 3.63) is 107 Å². The number of hydrogen-bond acceptors (Lipinski definition) is 1. The molecule has 0 atom stereocenters. The van der Waals surface area contributed by atoms with Crippen molar-refractivity contribution < 1.29 is 0 Å². The molecule has 0 saturated carbocycles. The van der Waals surface area contributed by atoms with E-state index in [0.29, 0.717) is 0 Å². The van der Waals surface area contributed by atoms with Gasteiger partial charge < -0.3 is 5.32 Å². The molecule has 0 amide bonds. The third-order valence-corrected chi connectivity index (χ3v) is 7.73. The van der Waals surface area contributed by atoms with Crippen LogP contribution >= 0.6 is 0 Å². The molecule has 1 nitrogen and oxygen atoms in total. The van der Waals surface area contributed by atoms with E-state index in [-0.39, 0.29) is 16.2 Å². The number of rotatable bonds is 3. The molecule has 0 unspecified atom stereocenters. The van der Waals surface area contributed by atoms with Crippen molar-refractivity contribution in [2.75, 3.05) is 5.32 Å². The van der Waals surface area contributed by atoms with Gasteiger partial charge in [0.2, 0.25) is 0 Å². The molecule has 0 aliphatic heterocycles. The molecule has 0 aromatic heterocycles. The lowest BCUT2D eigenvalue weighted by Crippen LogP contribution is -2.16. The van der Waals surface area contributed by atoms with Crippen molar-refractivity contribution in [3.8, 4) is 22.3 Å². The second-order valence-corrected chi connectivity index (χ2v) is 12.9. The van der Waals surface area contributed by atoms with Crippen molar-refractivity contribution >= 4 is 11.4 Å². The molecular formula is C35H39N. The van der Waals surface area contributed by atoms with Gasteiger partial charge in [0.05, 0.1) is 0 Å². The number of nitrogens with one attached hydrogen (secondary N) is 1. The fourth-order valence-corrected chi connectivity index (χ4v) is 5.39. The highest BCUT2D eigenvalue weighted by Crippen LogP contribution is 2.49. The van der Waals surface area contributed by atoms with E-state index in [1.54, 1.807) is 0 Å². The van der Waals surface area contributed by atoms with E-state index in [4.69, 9.17) is 0 Å². The van der Waals surface area contributed by atoms with Crippen LogP contribution in [0.1, 0.15) is 77.6 Å². The maximum atomic E-state index is 3.70. The quantitative estimate of drug-likeness (QED) is 0.312. The highest BCUT2D eigenvalue weighted by Gasteiger charge is 2.35. The van der Waals surface area contributed by atoms with Crippen LogP contribution in [-0.4, -0.2) is 0 Å². The van der Waals surface area contributed by atoms with Gasteiger partial charge in [0, 0.05) is 16.8 Å². The van der Waals surface area contributed by atoms with Crippen molar-refractivity contribution in [2.24, 2.45) is 0 Å². The first-order chi connectivity index (χ1) is 16.8. The minimum atomic E-state index is 0.00220. The van der Waals surface area contributed by atoms with E-state index >= 15 is 0 Å². The van der Waals surface area contributed by atoms with E-state index in [1.807, 2.05) is 0 Å². The third kappa shape index (κ3) is 4.37. The maximum Gasteiger partial charge on any atom is 0.0390 e. The summed E-state index contributed by atoms with van der Waals surface area (Å²) in [7, 11) is 0. The lowest BCUT2D eigenvalue weighted by Gasteiger charge is -2.26. The topological polar surface area (TPSA) is 12.0 Å². The minimum absolute atomic E-state index is 0.00220. The fraction of sp³-hybridized carbons (Fsp3) is 0.314. The summed E-state index contributed by atoms with van der Waals surface area (Å²) in [6.07, 6.45) is 0. The molecule has 1 aliphatic rings. The van der Waals surface area contributed by atoms with Gasteiger partial charge in [0.25, 0.3) is 0 Å². The second-order valence-electron chi connectivity index (χ2n) is 12.9. The average molecular weight is 474 g/mol. The Bertz CT molecular complexity index is 1410. The standard InChI is InChI=1S/C35H39N/c1-33(2,3)25-18-24(19-26(21-25)34(4,5)6)23-12-11-13-27(20-23)36-28-16-17-30-29-14-9-10-15-31(29)35(7,8)32(30)22-28/h9-22,36H,1-8H3. The summed E-state index contributed by atoms with van der Waals surface area (Å²) >= 11 is 0. The van der Waals surface area contributed by atoms with E-state index in [1.165, 1.54) is 44.5 Å². The Morgan fingerprint density at radius 1 is 0.528 bits per heavy atom. The predicted octanol–water partition coefficient (Wildman–Crippen LogP) is 10.00. The molecule has 0 spiro atoms.